The van der Waals surface area contributed by atoms with E-state index in [0.29, 0.717) is 5.02 Å². The van der Waals surface area contributed by atoms with Crippen molar-refractivity contribution in [2.75, 3.05) is 10.5 Å². The van der Waals surface area contributed by atoms with Crippen LogP contribution >= 0.6 is 34.8 Å². The van der Waals surface area contributed by atoms with Crippen LogP contribution in [0.5, 0.6) is 0 Å². The van der Waals surface area contributed by atoms with Crippen LogP contribution in [0.15, 0.2) is 29.4 Å². The summed E-state index contributed by atoms with van der Waals surface area (Å²) in [5, 5.41) is 0.434. The van der Waals surface area contributed by atoms with Crippen molar-refractivity contribution in [1.82, 2.24) is 9.97 Å². The molecule has 2 aromatic rings. The van der Waals surface area contributed by atoms with Crippen LogP contribution in [0.2, 0.25) is 15.1 Å². The quantitative estimate of drug-likeness (QED) is 0.884. The van der Waals surface area contributed by atoms with Gasteiger partial charge in [0.25, 0.3) is 10.0 Å². The second kappa shape index (κ2) is 5.61. The number of rotatable bonds is 3. The van der Waals surface area contributed by atoms with Crippen molar-refractivity contribution >= 4 is 56.5 Å². The molecule has 0 bridgehead atoms. The number of nitrogens with zero attached hydrogens (tertiary/aromatic N) is 2. The Balaban J connectivity index is 2.41. The number of anilines is 2. The SMILES string of the molecule is Nc1ncc(S(=O)(=O)Nc2c(Cl)cc(Cl)cc2Cl)cn1. The summed E-state index contributed by atoms with van der Waals surface area (Å²) in [6.45, 7) is 0. The van der Waals surface area contributed by atoms with Crippen LogP contribution in [0.1, 0.15) is 0 Å². The maximum Gasteiger partial charge on any atom is 0.265 e. The molecule has 0 unspecified atom stereocenters. The Morgan fingerprint density at radius 3 is 2.05 bits per heavy atom. The van der Waals surface area contributed by atoms with Crippen molar-refractivity contribution in [2.45, 2.75) is 4.90 Å². The normalized spacial score (nSPS) is 11.3. The molecule has 3 N–H and O–H groups in total. The summed E-state index contributed by atoms with van der Waals surface area (Å²) in [5.74, 6) is -0.0356. The average Bonchev–Trinajstić information content (AvgIpc) is 2.34. The third kappa shape index (κ3) is 3.24. The first-order chi connectivity index (χ1) is 9.29. The minimum Gasteiger partial charge on any atom is -0.368 e. The van der Waals surface area contributed by atoms with E-state index in [0.717, 1.165) is 12.4 Å². The molecule has 2 rings (SSSR count). The maximum atomic E-state index is 12.1. The zero-order valence-corrected chi connectivity index (χ0v) is 12.7. The summed E-state index contributed by atoms with van der Waals surface area (Å²) < 4.78 is 26.5. The Morgan fingerprint density at radius 1 is 1.05 bits per heavy atom. The van der Waals surface area contributed by atoms with Gasteiger partial charge in [-0.2, -0.15) is 0 Å². The molecule has 0 atom stereocenters. The lowest BCUT2D eigenvalue weighted by Crippen LogP contribution is -2.14. The number of nitrogens with one attached hydrogen (secondary N) is 1. The molecule has 0 aliphatic heterocycles. The van der Waals surface area contributed by atoms with Crippen LogP contribution in [0, 0.1) is 0 Å². The average molecular weight is 354 g/mol. The number of halogens is 3. The first-order valence-electron chi connectivity index (χ1n) is 5.04. The minimum atomic E-state index is -3.93. The van der Waals surface area contributed by atoms with Crippen LogP contribution in [-0.2, 0) is 10.0 Å². The van der Waals surface area contributed by atoms with Gasteiger partial charge in [0.05, 0.1) is 28.1 Å². The summed E-state index contributed by atoms with van der Waals surface area (Å²) in [4.78, 5) is 7.04. The van der Waals surface area contributed by atoms with Gasteiger partial charge in [-0.25, -0.2) is 18.4 Å². The molecular formula is C10H7Cl3N4O2S. The number of hydrogen-bond donors (Lipinski definition) is 2. The number of sulfonamides is 1. The first-order valence-corrected chi connectivity index (χ1v) is 7.66. The topological polar surface area (TPSA) is 98.0 Å². The van der Waals surface area contributed by atoms with Crippen LogP contribution in [0.3, 0.4) is 0 Å². The summed E-state index contributed by atoms with van der Waals surface area (Å²) >= 11 is 17.6. The van der Waals surface area contributed by atoms with E-state index in [2.05, 4.69) is 14.7 Å². The van der Waals surface area contributed by atoms with Gasteiger partial charge < -0.3 is 5.73 Å². The molecule has 1 aromatic carbocycles. The Kier molecular flexibility index (Phi) is 4.24. The largest absolute Gasteiger partial charge is 0.368 e. The van der Waals surface area contributed by atoms with Gasteiger partial charge in [0.15, 0.2) is 0 Å². The van der Waals surface area contributed by atoms with Gasteiger partial charge in [0.2, 0.25) is 5.95 Å². The number of nitrogen functional groups attached to an aromatic ring is 1. The predicted molar refractivity (Wildman–Crippen MR) is 78.7 cm³/mol. The molecule has 1 aromatic heterocycles. The van der Waals surface area contributed by atoms with E-state index < -0.39 is 10.0 Å². The van der Waals surface area contributed by atoms with Crippen molar-refractivity contribution in [1.29, 1.82) is 0 Å². The Hall–Kier alpha value is -1.28. The van der Waals surface area contributed by atoms with Crippen molar-refractivity contribution in [3.05, 3.63) is 39.6 Å². The smallest absolute Gasteiger partial charge is 0.265 e. The fourth-order valence-corrected chi connectivity index (χ4v) is 3.31. The van der Waals surface area contributed by atoms with E-state index in [4.69, 9.17) is 40.5 Å². The second-order valence-electron chi connectivity index (χ2n) is 3.63. The molecule has 20 heavy (non-hydrogen) atoms. The predicted octanol–water partition coefficient (Wildman–Crippen LogP) is 2.82. The Bertz CT molecular complexity index is 727. The molecular weight excluding hydrogens is 347 g/mol. The van der Waals surface area contributed by atoms with Crippen molar-refractivity contribution < 1.29 is 8.42 Å². The molecule has 106 valence electrons. The molecule has 6 nitrogen and oxygen atoms in total. The molecule has 0 amide bonds. The van der Waals surface area contributed by atoms with E-state index in [1.165, 1.54) is 12.1 Å². The van der Waals surface area contributed by atoms with Crippen LogP contribution in [0.4, 0.5) is 11.6 Å². The summed E-state index contributed by atoms with van der Waals surface area (Å²) in [6.07, 6.45) is 2.14. The van der Waals surface area contributed by atoms with Gasteiger partial charge in [-0.05, 0) is 12.1 Å². The lowest BCUT2D eigenvalue weighted by atomic mass is 10.3. The summed E-state index contributed by atoms with van der Waals surface area (Å²) in [7, 11) is -3.93. The third-order valence-corrected chi connectivity index (χ3v) is 4.32. The number of nitrogens with two attached hydrogens (primary N) is 1. The molecule has 0 radical (unpaired) electrons. The van der Waals surface area contributed by atoms with E-state index in [-0.39, 0.29) is 26.6 Å². The highest BCUT2D eigenvalue weighted by Crippen LogP contribution is 2.34. The van der Waals surface area contributed by atoms with Gasteiger partial charge in [-0.1, -0.05) is 34.8 Å². The standard InChI is InChI=1S/C10H7Cl3N4O2S/c11-5-1-7(12)9(8(13)2-5)17-20(18,19)6-3-15-10(14)16-4-6/h1-4,17H,(H2,14,15,16). The highest BCUT2D eigenvalue weighted by atomic mass is 35.5. The highest BCUT2D eigenvalue weighted by molar-refractivity contribution is 7.92. The molecule has 0 aliphatic carbocycles. The highest BCUT2D eigenvalue weighted by Gasteiger charge is 2.19. The zero-order chi connectivity index (χ0) is 14.9. The Morgan fingerprint density at radius 2 is 1.55 bits per heavy atom. The molecule has 0 spiro atoms. The van der Waals surface area contributed by atoms with E-state index in [1.54, 1.807) is 0 Å². The fourth-order valence-electron chi connectivity index (χ4n) is 1.30. The first kappa shape index (κ1) is 15.1. The molecule has 0 saturated heterocycles. The number of aromatic nitrogens is 2. The van der Waals surface area contributed by atoms with E-state index in [1.807, 2.05) is 0 Å². The van der Waals surface area contributed by atoms with Crippen molar-refractivity contribution in [3.8, 4) is 0 Å². The van der Waals surface area contributed by atoms with E-state index >= 15 is 0 Å². The molecule has 0 saturated carbocycles. The van der Waals surface area contributed by atoms with Crippen LogP contribution in [0.25, 0.3) is 0 Å². The van der Waals surface area contributed by atoms with Crippen molar-refractivity contribution in [2.24, 2.45) is 0 Å². The molecule has 0 fully saturated rings. The summed E-state index contributed by atoms with van der Waals surface area (Å²) in [6, 6.07) is 2.73. The minimum absolute atomic E-state index is 0.0227. The fraction of sp³-hybridized carbons (Fsp3) is 0. The summed E-state index contributed by atoms with van der Waals surface area (Å²) in [5.41, 5.74) is 5.32. The molecule has 10 heteroatoms. The maximum absolute atomic E-state index is 12.1. The van der Waals surface area contributed by atoms with Gasteiger partial charge in [0, 0.05) is 5.02 Å². The Labute approximate surface area is 129 Å². The number of benzene rings is 1. The van der Waals surface area contributed by atoms with Gasteiger partial charge in [-0.15, -0.1) is 0 Å². The van der Waals surface area contributed by atoms with E-state index in [9.17, 15) is 8.42 Å². The van der Waals surface area contributed by atoms with Crippen LogP contribution in [-0.4, -0.2) is 18.4 Å². The zero-order valence-electron chi connectivity index (χ0n) is 9.64. The lowest BCUT2D eigenvalue weighted by molar-refractivity contribution is 0.600. The monoisotopic (exact) mass is 352 g/mol. The third-order valence-electron chi connectivity index (χ3n) is 2.20. The number of hydrogen-bond acceptors (Lipinski definition) is 5. The lowest BCUT2D eigenvalue weighted by Gasteiger charge is -2.11. The molecule has 0 aliphatic rings. The second-order valence-corrected chi connectivity index (χ2v) is 6.56. The van der Waals surface area contributed by atoms with Crippen molar-refractivity contribution in [3.63, 3.8) is 0 Å². The van der Waals surface area contributed by atoms with Gasteiger partial charge >= 0.3 is 0 Å². The van der Waals surface area contributed by atoms with Gasteiger partial charge in [0.1, 0.15) is 4.90 Å². The molecule has 1 heterocycles. The van der Waals surface area contributed by atoms with Gasteiger partial charge in [-0.3, -0.25) is 4.72 Å². The van der Waals surface area contributed by atoms with Crippen LogP contribution < -0.4 is 10.5 Å².